The molecule has 1 aromatic heterocycles. The summed E-state index contributed by atoms with van der Waals surface area (Å²) in [4.78, 5) is 19.3. The summed E-state index contributed by atoms with van der Waals surface area (Å²) in [7, 11) is 2.09. The van der Waals surface area contributed by atoms with Gasteiger partial charge in [0.05, 0.1) is 0 Å². The van der Waals surface area contributed by atoms with Crippen LogP contribution in [-0.2, 0) is 11.2 Å². The van der Waals surface area contributed by atoms with E-state index in [9.17, 15) is 4.79 Å². The van der Waals surface area contributed by atoms with Crippen molar-refractivity contribution in [1.82, 2.24) is 15.0 Å². The number of rotatable bonds is 5. The number of piperazine rings is 1. The molecular formula is C12H20N4O3. The van der Waals surface area contributed by atoms with Crippen LogP contribution in [0.2, 0.25) is 0 Å². The van der Waals surface area contributed by atoms with Gasteiger partial charge in [-0.2, -0.15) is 4.98 Å². The van der Waals surface area contributed by atoms with E-state index in [1.807, 2.05) is 6.92 Å². The Morgan fingerprint density at radius 2 is 2.11 bits per heavy atom. The number of nitrogens with zero attached hydrogens (tertiary/aromatic N) is 4. The van der Waals surface area contributed by atoms with Gasteiger partial charge in [-0.05, 0) is 18.1 Å². The Hall–Kier alpha value is -1.63. The van der Waals surface area contributed by atoms with Gasteiger partial charge in [-0.15, -0.1) is 0 Å². The summed E-state index contributed by atoms with van der Waals surface area (Å²) >= 11 is 0. The summed E-state index contributed by atoms with van der Waals surface area (Å²) in [6.07, 6.45) is 0.624. The van der Waals surface area contributed by atoms with Gasteiger partial charge in [0.2, 0.25) is 5.89 Å². The highest BCUT2D eigenvalue weighted by Gasteiger charge is 2.20. The molecule has 1 aliphatic rings. The zero-order valence-electron chi connectivity index (χ0n) is 11.4. The second-order valence-electron chi connectivity index (χ2n) is 5.19. The van der Waals surface area contributed by atoms with E-state index in [2.05, 4.69) is 27.0 Å². The highest BCUT2D eigenvalue weighted by molar-refractivity contribution is 5.66. The molecule has 0 radical (unpaired) electrons. The van der Waals surface area contributed by atoms with Crippen LogP contribution in [0.25, 0.3) is 0 Å². The molecule has 0 saturated carbocycles. The van der Waals surface area contributed by atoms with Gasteiger partial charge in [0.15, 0.2) is 0 Å². The quantitative estimate of drug-likeness (QED) is 0.831. The lowest BCUT2D eigenvalue weighted by Gasteiger charge is -2.31. The minimum Gasteiger partial charge on any atom is -0.481 e. The van der Waals surface area contributed by atoms with Crippen molar-refractivity contribution >= 4 is 11.9 Å². The number of likely N-dealkylation sites (N-methyl/N-ethyl adjacent to an activating group) is 1. The number of hydrogen-bond donors (Lipinski definition) is 1. The third kappa shape index (κ3) is 3.92. The van der Waals surface area contributed by atoms with Crippen LogP contribution in [0, 0.1) is 5.92 Å². The van der Waals surface area contributed by atoms with Gasteiger partial charge in [0.25, 0.3) is 5.95 Å². The van der Waals surface area contributed by atoms with Crippen molar-refractivity contribution in [3.8, 4) is 0 Å². The zero-order valence-corrected chi connectivity index (χ0v) is 11.4. The molecule has 1 N–H and O–H groups in total. The first kappa shape index (κ1) is 13.8. The maximum Gasteiger partial charge on any atom is 0.303 e. The fraction of sp³-hybridized carbons (Fsp3) is 0.750. The molecule has 7 nitrogen and oxygen atoms in total. The fourth-order valence-corrected chi connectivity index (χ4v) is 2.13. The Morgan fingerprint density at radius 1 is 1.42 bits per heavy atom. The molecule has 1 unspecified atom stereocenters. The van der Waals surface area contributed by atoms with Crippen molar-refractivity contribution in [1.29, 1.82) is 0 Å². The summed E-state index contributed by atoms with van der Waals surface area (Å²) in [5.74, 6) is 0.331. The second-order valence-corrected chi connectivity index (χ2v) is 5.19. The second kappa shape index (κ2) is 6.01. The van der Waals surface area contributed by atoms with E-state index < -0.39 is 5.97 Å². The Morgan fingerprint density at radius 3 is 2.74 bits per heavy atom. The van der Waals surface area contributed by atoms with Crippen LogP contribution in [0.5, 0.6) is 0 Å². The molecule has 0 aromatic carbocycles. The number of carboxylic acid groups (broad SMARTS) is 1. The highest BCUT2D eigenvalue weighted by atomic mass is 16.5. The topological polar surface area (TPSA) is 82.7 Å². The number of aromatic nitrogens is 2. The molecule has 19 heavy (non-hydrogen) atoms. The van der Waals surface area contributed by atoms with Crippen molar-refractivity contribution < 1.29 is 14.4 Å². The SMILES string of the molecule is CC(CC(=O)O)Cc1nc(N2CCN(C)CC2)no1. The first-order chi connectivity index (χ1) is 9.04. The van der Waals surface area contributed by atoms with Crippen LogP contribution in [0.1, 0.15) is 19.2 Å². The van der Waals surface area contributed by atoms with E-state index in [1.54, 1.807) is 0 Å². The molecule has 2 heterocycles. The van der Waals surface area contributed by atoms with Crippen molar-refractivity contribution in [2.75, 3.05) is 38.1 Å². The van der Waals surface area contributed by atoms with E-state index in [1.165, 1.54) is 0 Å². The van der Waals surface area contributed by atoms with E-state index in [0.29, 0.717) is 18.3 Å². The van der Waals surface area contributed by atoms with Gasteiger partial charge in [-0.25, -0.2) is 0 Å². The monoisotopic (exact) mass is 268 g/mol. The Labute approximate surface area is 112 Å². The number of aliphatic carboxylic acids is 1. The molecule has 7 heteroatoms. The lowest BCUT2D eigenvalue weighted by atomic mass is 10.0. The van der Waals surface area contributed by atoms with Crippen LogP contribution in [0.15, 0.2) is 4.52 Å². The lowest BCUT2D eigenvalue weighted by Crippen LogP contribution is -2.44. The molecule has 2 rings (SSSR count). The maximum absolute atomic E-state index is 10.6. The van der Waals surface area contributed by atoms with Gasteiger partial charge in [-0.3, -0.25) is 4.79 Å². The third-order valence-corrected chi connectivity index (χ3v) is 3.29. The van der Waals surface area contributed by atoms with Gasteiger partial charge < -0.3 is 19.4 Å². The minimum atomic E-state index is -0.800. The van der Waals surface area contributed by atoms with Gasteiger partial charge in [0.1, 0.15) is 0 Å². The minimum absolute atomic E-state index is 0.00158. The zero-order chi connectivity index (χ0) is 13.8. The predicted molar refractivity (Wildman–Crippen MR) is 69.1 cm³/mol. The predicted octanol–water partition coefficient (Wildman–Crippen LogP) is 0.475. The largest absolute Gasteiger partial charge is 0.481 e. The molecule has 0 amide bonds. The van der Waals surface area contributed by atoms with Crippen LogP contribution in [0.3, 0.4) is 0 Å². The lowest BCUT2D eigenvalue weighted by molar-refractivity contribution is -0.137. The Kier molecular flexibility index (Phi) is 4.36. The molecule has 1 aromatic rings. The average molecular weight is 268 g/mol. The van der Waals surface area contributed by atoms with Crippen molar-refractivity contribution in [2.24, 2.45) is 5.92 Å². The molecule has 1 fully saturated rings. The first-order valence-electron chi connectivity index (χ1n) is 6.52. The van der Waals surface area contributed by atoms with Crippen LogP contribution >= 0.6 is 0 Å². The van der Waals surface area contributed by atoms with E-state index in [0.717, 1.165) is 26.2 Å². The maximum atomic E-state index is 10.6. The summed E-state index contributed by atoms with van der Waals surface area (Å²) in [6.45, 7) is 5.62. The van der Waals surface area contributed by atoms with Gasteiger partial charge in [0, 0.05) is 39.0 Å². The Balaban J connectivity index is 1.90. The van der Waals surface area contributed by atoms with E-state index >= 15 is 0 Å². The molecule has 1 atom stereocenters. The molecule has 1 aliphatic heterocycles. The standard InChI is InChI=1S/C12H20N4O3/c1-9(8-11(17)18)7-10-13-12(14-19-10)16-5-3-15(2)4-6-16/h9H,3-8H2,1-2H3,(H,17,18). The summed E-state index contributed by atoms with van der Waals surface area (Å²) < 4.78 is 5.19. The summed E-state index contributed by atoms with van der Waals surface area (Å²) in [6, 6.07) is 0. The van der Waals surface area contributed by atoms with Crippen molar-refractivity contribution in [3.05, 3.63) is 5.89 Å². The first-order valence-corrected chi connectivity index (χ1v) is 6.52. The molecule has 1 saturated heterocycles. The summed E-state index contributed by atoms with van der Waals surface area (Å²) in [5.41, 5.74) is 0. The van der Waals surface area contributed by atoms with Crippen molar-refractivity contribution in [3.63, 3.8) is 0 Å². The molecular weight excluding hydrogens is 248 g/mol. The van der Waals surface area contributed by atoms with Crippen LogP contribution in [-0.4, -0.2) is 59.3 Å². The van der Waals surface area contributed by atoms with Gasteiger partial charge >= 0.3 is 5.97 Å². The van der Waals surface area contributed by atoms with Gasteiger partial charge in [-0.1, -0.05) is 6.92 Å². The third-order valence-electron chi connectivity index (χ3n) is 3.29. The van der Waals surface area contributed by atoms with E-state index in [-0.39, 0.29) is 12.3 Å². The number of hydrogen-bond acceptors (Lipinski definition) is 6. The fourth-order valence-electron chi connectivity index (χ4n) is 2.13. The Bertz CT molecular complexity index is 426. The van der Waals surface area contributed by atoms with Crippen LogP contribution in [0.4, 0.5) is 5.95 Å². The van der Waals surface area contributed by atoms with E-state index in [4.69, 9.17) is 9.63 Å². The number of anilines is 1. The molecule has 0 aliphatic carbocycles. The molecule has 106 valence electrons. The molecule has 0 spiro atoms. The van der Waals surface area contributed by atoms with Crippen molar-refractivity contribution in [2.45, 2.75) is 19.8 Å². The van der Waals surface area contributed by atoms with Crippen LogP contribution < -0.4 is 4.90 Å². The normalized spacial score (nSPS) is 18.5. The number of carbonyl (C=O) groups is 1. The number of carboxylic acids is 1. The smallest absolute Gasteiger partial charge is 0.303 e. The highest BCUT2D eigenvalue weighted by Crippen LogP contribution is 2.15. The molecule has 0 bridgehead atoms. The average Bonchev–Trinajstić information content (AvgIpc) is 2.77. The summed E-state index contributed by atoms with van der Waals surface area (Å²) in [5, 5.41) is 12.7.